The van der Waals surface area contributed by atoms with Crippen LogP contribution in [0.2, 0.25) is 0 Å². The first kappa shape index (κ1) is 41.2. The van der Waals surface area contributed by atoms with Crippen LogP contribution < -0.4 is 9.80 Å². The van der Waals surface area contributed by atoms with Crippen molar-refractivity contribution in [2.45, 2.75) is 27.7 Å². The summed E-state index contributed by atoms with van der Waals surface area (Å²) in [6.45, 7) is 8.61. The molecule has 0 radical (unpaired) electrons. The average Bonchev–Trinajstić information content (AvgIpc) is 3.19. The van der Waals surface area contributed by atoms with Gasteiger partial charge in [0.1, 0.15) is 13.2 Å². The second-order valence-electron chi connectivity index (χ2n) is 12.2. The van der Waals surface area contributed by atoms with Crippen molar-refractivity contribution in [3.8, 4) is 0 Å². The molecule has 0 heterocycles. The van der Waals surface area contributed by atoms with Gasteiger partial charge >= 0.3 is 29.8 Å². The highest BCUT2D eigenvalue weighted by atomic mass is 16.6. The van der Waals surface area contributed by atoms with Crippen LogP contribution >= 0.6 is 0 Å². The van der Waals surface area contributed by atoms with Gasteiger partial charge in [0.25, 0.3) is 0 Å². The maximum absolute atomic E-state index is 12.8. The van der Waals surface area contributed by atoms with E-state index < -0.39 is 42.2 Å². The molecular formula is C43H44N2O10. The Morgan fingerprint density at radius 1 is 0.491 bits per heavy atom. The number of carbonyl (C=O) groups is 6. The number of hydrogen-bond acceptors (Lipinski definition) is 12. The number of ketones is 1. The molecule has 12 heteroatoms. The van der Waals surface area contributed by atoms with Crippen LogP contribution in [-0.2, 0) is 28.5 Å². The van der Waals surface area contributed by atoms with Gasteiger partial charge < -0.3 is 28.7 Å². The summed E-state index contributed by atoms with van der Waals surface area (Å²) < 4.78 is 20.4. The molecule has 55 heavy (non-hydrogen) atoms. The van der Waals surface area contributed by atoms with Crippen molar-refractivity contribution < 1.29 is 47.7 Å². The minimum Gasteiger partial charge on any atom is -0.460 e. The number of nitrogens with zero attached hydrogens (tertiary/aromatic N) is 2. The lowest BCUT2D eigenvalue weighted by atomic mass is 10.1. The monoisotopic (exact) mass is 748 g/mol. The van der Waals surface area contributed by atoms with Gasteiger partial charge in [-0.25, -0.2) is 14.4 Å². The number of Topliss-reactive ketones (excluding diaryl/α,β-unsaturated/α-hetero) is 1. The van der Waals surface area contributed by atoms with Crippen LogP contribution in [0.4, 0.5) is 11.4 Å². The summed E-state index contributed by atoms with van der Waals surface area (Å²) in [4.78, 5) is 76.1. The second kappa shape index (κ2) is 20.6. The minimum atomic E-state index is -0.821. The molecule has 0 aliphatic rings. The van der Waals surface area contributed by atoms with Gasteiger partial charge in [-0.1, -0.05) is 48.6 Å². The summed E-state index contributed by atoms with van der Waals surface area (Å²) in [5, 5.41) is 0. The Kier molecular flexibility index (Phi) is 15.4. The van der Waals surface area contributed by atoms with Gasteiger partial charge in [0.05, 0.1) is 29.8 Å². The zero-order chi connectivity index (χ0) is 39.7. The Hall–Kier alpha value is -6.56. The van der Waals surface area contributed by atoms with Crippen LogP contribution in [0.5, 0.6) is 0 Å². The maximum atomic E-state index is 12.8. The maximum Gasteiger partial charge on any atom is 0.345 e. The quantitative estimate of drug-likeness (QED) is 0.0352. The highest BCUT2D eigenvalue weighted by Crippen LogP contribution is 2.20. The summed E-state index contributed by atoms with van der Waals surface area (Å²) in [5.74, 6) is -3.73. The Morgan fingerprint density at radius 3 is 1.29 bits per heavy atom. The van der Waals surface area contributed by atoms with E-state index in [1.807, 2.05) is 41.3 Å². The van der Waals surface area contributed by atoms with Crippen molar-refractivity contribution in [1.82, 2.24) is 0 Å². The van der Waals surface area contributed by atoms with Gasteiger partial charge in [-0.2, -0.15) is 0 Å². The molecule has 0 aliphatic carbocycles. The predicted octanol–water partition coefficient (Wildman–Crippen LogP) is 6.67. The number of hydrogen-bond donors (Lipinski definition) is 0. The fourth-order valence-corrected chi connectivity index (χ4v) is 5.38. The SMILES string of the molecule is CCN(CC)c1ccc(/C=C/c2ccc(N(CCOC(=O)c3ccc(C(=O)COC(C)=O)cc3)CCOC(=O)c3ccc(C(=O)OC(C)=O)cc3)cc2)cc1. The van der Waals surface area contributed by atoms with Gasteiger partial charge in [0, 0.05) is 43.9 Å². The molecule has 0 aromatic heterocycles. The first-order valence-electron chi connectivity index (χ1n) is 17.8. The Labute approximate surface area is 320 Å². The molecule has 0 spiro atoms. The standard InChI is InChI=1S/C43H44N2O10/c1-5-44(6-2)38-21-9-32(10-22-38)7-8-33-11-23-39(24-12-33)45(26-28-53-42(50)36-17-19-37(20-18-36)43(51)55-31(4)47)25-27-52-41(49)35-15-13-34(14-16-35)40(48)29-54-30(3)46/h7-24H,5-6,25-29H2,1-4H3/b8-7+. The predicted molar refractivity (Wildman–Crippen MR) is 208 cm³/mol. The Bertz CT molecular complexity index is 1970. The van der Waals surface area contributed by atoms with E-state index in [-0.39, 0.29) is 48.6 Å². The van der Waals surface area contributed by atoms with Crippen molar-refractivity contribution in [1.29, 1.82) is 0 Å². The smallest absolute Gasteiger partial charge is 0.345 e. The van der Waals surface area contributed by atoms with E-state index in [2.05, 4.69) is 47.7 Å². The molecule has 0 bridgehead atoms. The zero-order valence-corrected chi connectivity index (χ0v) is 31.3. The van der Waals surface area contributed by atoms with Crippen LogP contribution in [0.1, 0.15) is 80.3 Å². The average molecular weight is 749 g/mol. The molecular weight excluding hydrogens is 704 g/mol. The molecule has 0 saturated carbocycles. The number of anilines is 2. The van der Waals surface area contributed by atoms with Crippen LogP contribution in [0.25, 0.3) is 12.2 Å². The van der Waals surface area contributed by atoms with E-state index in [9.17, 15) is 28.8 Å². The molecule has 0 amide bonds. The summed E-state index contributed by atoms with van der Waals surface area (Å²) in [5.41, 5.74) is 4.87. The van der Waals surface area contributed by atoms with E-state index in [0.717, 1.165) is 36.8 Å². The molecule has 0 aliphatic heterocycles. The molecule has 0 unspecified atom stereocenters. The van der Waals surface area contributed by atoms with Crippen molar-refractivity contribution in [3.63, 3.8) is 0 Å². The van der Waals surface area contributed by atoms with Crippen molar-refractivity contribution in [2.24, 2.45) is 0 Å². The van der Waals surface area contributed by atoms with Crippen LogP contribution in [0, 0.1) is 0 Å². The minimum absolute atomic E-state index is 0.00286. The highest BCUT2D eigenvalue weighted by molar-refractivity contribution is 5.99. The summed E-state index contributed by atoms with van der Waals surface area (Å²) in [7, 11) is 0. The molecule has 0 saturated heterocycles. The summed E-state index contributed by atoms with van der Waals surface area (Å²) >= 11 is 0. The second-order valence-corrected chi connectivity index (χ2v) is 12.2. The molecule has 4 aromatic rings. The van der Waals surface area contributed by atoms with E-state index >= 15 is 0 Å². The van der Waals surface area contributed by atoms with E-state index in [1.54, 1.807) is 0 Å². The first-order chi connectivity index (χ1) is 26.5. The molecule has 12 nitrogen and oxygen atoms in total. The number of rotatable bonds is 18. The van der Waals surface area contributed by atoms with E-state index in [0.29, 0.717) is 0 Å². The lowest BCUT2D eigenvalue weighted by Crippen LogP contribution is -2.32. The lowest BCUT2D eigenvalue weighted by molar-refractivity contribution is -0.140. The van der Waals surface area contributed by atoms with Gasteiger partial charge in [-0.3, -0.25) is 14.4 Å². The van der Waals surface area contributed by atoms with E-state index in [1.165, 1.54) is 61.1 Å². The van der Waals surface area contributed by atoms with Crippen LogP contribution in [0.3, 0.4) is 0 Å². The van der Waals surface area contributed by atoms with Crippen LogP contribution in [-0.4, -0.2) is 81.6 Å². The van der Waals surface area contributed by atoms with Gasteiger partial charge in [-0.15, -0.1) is 0 Å². The van der Waals surface area contributed by atoms with Crippen LogP contribution in [0.15, 0.2) is 97.1 Å². The molecule has 286 valence electrons. The molecule has 0 N–H and O–H groups in total. The first-order valence-corrected chi connectivity index (χ1v) is 17.8. The molecule has 4 aromatic carbocycles. The number of carbonyl (C=O) groups excluding carboxylic acids is 6. The van der Waals surface area contributed by atoms with Crippen molar-refractivity contribution >= 4 is 59.2 Å². The molecule has 0 fully saturated rings. The summed E-state index contributed by atoms with van der Waals surface area (Å²) in [6.07, 6.45) is 4.06. The van der Waals surface area contributed by atoms with Crippen molar-refractivity contribution in [3.05, 3.63) is 130 Å². The largest absolute Gasteiger partial charge is 0.460 e. The fraction of sp³-hybridized carbons (Fsp3) is 0.256. The number of benzene rings is 4. The van der Waals surface area contributed by atoms with Gasteiger partial charge in [0.15, 0.2) is 12.4 Å². The topological polar surface area (TPSA) is 146 Å². The third kappa shape index (κ3) is 12.8. The number of ether oxygens (including phenoxy) is 4. The Morgan fingerprint density at radius 2 is 0.891 bits per heavy atom. The normalized spacial score (nSPS) is 10.7. The third-order valence-electron chi connectivity index (χ3n) is 8.38. The number of esters is 5. The lowest BCUT2D eigenvalue weighted by Gasteiger charge is -2.24. The van der Waals surface area contributed by atoms with Crippen molar-refractivity contribution in [2.75, 3.05) is 55.8 Å². The highest BCUT2D eigenvalue weighted by Gasteiger charge is 2.16. The molecule has 4 rings (SSSR count). The zero-order valence-electron chi connectivity index (χ0n) is 31.3. The Balaban J connectivity index is 1.40. The van der Waals surface area contributed by atoms with Gasteiger partial charge in [-0.05, 0) is 85.6 Å². The fourth-order valence-electron chi connectivity index (χ4n) is 5.38. The van der Waals surface area contributed by atoms with E-state index in [4.69, 9.17) is 14.2 Å². The molecule has 0 atom stereocenters. The third-order valence-corrected chi connectivity index (χ3v) is 8.38. The summed E-state index contributed by atoms with van der Waals surface area (Å²) in [6, 6.07) is 27.6. The van der Waals surface area contributed by atoms with Gasteiger partial charge in [0.2, 0.25) is 0 Å².